The summed E-state index contributed by atoms with van der Waals surface area (Å²) in [5.74, 6) is -1.54. The van der Waals surface area contributed by atoms with Crippen molar-refractivity contribution in [3.8, 4) is 0 Å². The van der Waals surface area contributed by atoms with E-state index in [0.29, 0.717) is 6.04 Å². The fourth-order valence-electron chi connectivity index (χ4n) is 3.12. The van der Waals surface area contributed by atoms with Crippen LogP contribution in [0.15, 0.2) is 30.5 Å². The number of likely N-dealkylation sites (tertiary alicyclic amines) is 1. The topological polar surface area (TPSA) is 3.24 Å². The molecule has 1 unspecified atom stereocenters. The van der Waals surface area contributed by atoms with Gasteiger partial charge < -0.3 is 4.90 Å². The lowest BCUT2D eigenvalue weighted by Crippen LogP contribution is -2.31. The maximum Gasteiger partial charge on any atom is 0.159 e. The highest BCUT2D eigenvalue weighted by Crippen LogP contribution is 2.31. The van der Waals surface area contributed by atoms with Crippen LogP contribution in [0.25, 0.3) is 0 Å². The lowest BCUT2D eigenvalue weighted by Gasteiger charge is -2.32. The van der Waals surface area contributed by atoms with Crippen LogP contribution < -0.4 is 0 Å². The summed E-state index contributed by atoms with van der Waals surface area (Å²) in [5.41, 5.74) is 2.23. The van der Waals surface area contributed by atoms with E-state index in [9.17, 15) is 8.78 Å². The average molecular weight is 293 g/mol. The molecule has 1 saturated heterocycles. The minimum atomic E-state index is -0.779. The number of hydrogen-bond acceptors (Lipinski definition) is 1. The third-order valence-corrected chi connectivity index (χ3v) is 3.97. The van der Waals surface area contributed by atoms with Gasteiger partial charge in [0.05, 0.1) is 0 Å². The minimum absolute atomic E-state index is 0.214. The van der Waals surface area contributed by atoms with Crippen LogP contribution in [0.5, 0.6) is 0 Å². The smallest absolute Gasteiger partial charge is 0.159 e. The van der Waals surface area contributed by atoms with Crippen molar-refractivity contribution in [2.75, 3.05) is 6.54 Å². The summed E-state index contributed by atoms with van der Waals surface area (Å²) in [6.45, 7) is 11.9. The van der Waals surface area contributed by atoms with Gasteiger partial charge >= 0.3 is 0 Å². The predicted molar refractivity (Wildman–Crippen MR) is 83.0 cm³/mol. The number of nitrogens with zero attached hydrogens (tertiary/aromatic N) is 1. The zero-order valence-corrected chi connectivity index (χ0v) is 13.3. The number of allylic oxidation sites excluding steroid dienone is 1. The molecule has 21 heavy (non-hydrogen) atoms. The summed E-state index contributed by atoms with van der Waals surface area (Å²) in [4.78, 5) is 2.35. The number of hydrogen-bond donors (Lipinski definition) is 0. The molecule has 116 valence electrons. The first-order chi connectivity index (χ1) is 9.76. The number of halogens is 2. The zero-order valence-electron chi connectivity index (χ0n) is 13.3. The second-order valence-corrected chi connectivity index (χ2v) is 7.25. The van der Waals surface area contributed by atoms with E-state index < -0.39 is 11.6 Å². The highest BCUT2D eigenvalue weighted by atomic mass is 19.2. The molecule has 1 aromatic rings. The van der Waals surface area contributed by atoms with Crippen molar-refractivity contribution in [2.45, 2.75) is 52.5 Å². The molecule has 1 heterocycles. The van der Waals surface area contributed by atoms with E-state index in [2.05, 4.69) is 32.3 Å². The molecule has 1 aliphatic heterocycles. The SMILES string of the molecule is C=C(CC(C)(C)C)N1CCCC1Cc1ccc(F)c(F)c1. The zero-order chi connectivity index (χ0) is 15.6. The Kier molecular flexibility index (Phi) is 4.70. The first kappa shape index (κ1) is 16.0. The van der Waals surface area contributed by atoms with E-state index in [1.54, 1.807) is 6.07 Å². The Bertz CT molecular complexity index is 516. The highest BCUT2D eigenvalue weighted by molar-refractivity contribution is 5.20. The lowest BCUT2D eigenvalue weighted by molar-refractivity contribution is 0.273. The van der Waals surface area contributed by atoms with Crippen LogP contribution in [0.4, 0.5) is 8.78 Å². The normalized spacial score (nSPS) is 19.1. The highest BCUT2D eigenvalue weighted by Gasteiger charge is 2.27. The van der Waals surface area contributed by atoms with Gasteiger partial charge in [0.25, 0.3) is 0 Å². The van der Waals surface area contributed by atoms with Gasteiger partial charge in [0.15, 0.2) is 11.6 Å². The van der Waals surface area contributed by atoms with E-state index in [4.69, 9.17) is 0 Å². The predicted octanol–water partition coefficient (Wildman–Crippen LogP) is 4.92. The third-order valence-electron chi connectivity index (χ3n) is 3.97. The molecule has 0 bridgehead atoms. The van der Waals surface area contributed by atoms with Crippen LogP contribution in [0.1, 0.15) is 45.6 Å². The lowest BCUT2D eigenvalue weighted by atomic mass is 9.90. The molecule has 0 spiro atoms. The molecule has 3 heteroatoms. The molecule has 0 aromatic heterocycles. The molecule has 0 N–H and O–H groups in total. The van der Waals surface area contributed by atoms with Gasteiger partial charge in [-0.15, -0.1) is 0 Å². The number of benzene rings is 1. The molecule has 1 aliphatic rings. The Morgan fingerprint density at radius 1 is 1.29 bits per heavy atom. The molecule has 0 aliphatic carbocycles. The summed E-state index contributed by atoms with van der Waals surface area (Å²) >= 11 is 0. The van der Waals surface area contributed by atoms with Crippen molar-refractivity contribution in [1.29, 1.82) is 0 Å². The Balaban J connectivity index is 2.05. The van der Waals surface area contributed by atoms with Crippen LogP contribution in [0, 0.1) is 17.0 Å². The Morgan fingerprint density at radius 2 is 2.00 bits per heavy atom. The molecule has 0 saturated carbocycles. The quantitative estimate of drug-likeness (QED) is 0.761. The van der Waals surface area contributed by atoms with E-state index in [0.717, 1.165) is 43.5 Å². The maximum absolute atomic E-state index is 13.3. The van der Waals surface area contributed by atoms with Crippen molar-refractivity contribution in [3.05, 3.63) is 47.7 Å². The van der Waals surface area contributed by atoms with E-state index in [-0.39, 0.29) is 5.41 Å². The maximum atomic E-state index is 13.3. The fraction of sp³-hybridized carbons (Fsp3) is 0.556. The fourth-order valence-corrected chi connectivity index (χ4v) is 3.12. The van der Waals surface area contributed by atoms with Crippen molar-refractivity contribution >= 4 is 0 Å². The van der Waals surface area contributed by atoms with Gasteiger partial charge in [-0.2, -0.15) is 0 Å². The van der Waals surface area contributed by atoms with Crippen molar-refractivity contribution in [1.82, 2.24) is 4.90 Å². The van der Waals surface area contributed by atoms with Crippen LogP contribution in [-0.2, 0) is 6.42 Å². The summed E-state index contributed by atoms with van der Waals surface area (Å²) in [5, 5.41) is 0. The van der Waals surface area contributed by atoms with E-state index in [1.807, 2.05) is 0 Å². The first-order valence-electron chi connectivity index (χ1n) is 7.64. The Morgan fingerprint density at radius 3 is 2.62 bits per heavy atom. The van der Waals surface area contributed by atoms with Gasteiger partial charge in [0.2, 0.25) is 0 Å². The van der Waals surface area contributed by atoms with Gasteiger partial charge in [-0.1, -0.05) is 33.4 Å². The largest absolute Gasteiger partial charge is 0.372 e. The molecule has 2 rings (SSSR count). The molecule has 0 radical (unpaired) electrons. The van der Waals surface area contributed by atoms with Crippen molar-refractivity contribution in [3.63, 3.8) is 0 Å². The summed E-state index contributed by atoms with van der Waals surface area (Å²) in [7, 11) is 0. The molecule has 1 aromatic carbocycles. The van der Waals surface area contributed by atoms with E-state index >= 15 is 0 Å². The van der Waals surface area contributed by atoms with Crippen molar-refractivity contribution < 1.29 is 8.78 Å². The molecular formula is C18H25F2N. The molecule has 1 fully saturated rings. The molecule has 1 nitrogen and oxygen atoms in total. The first-order valence-corrected chi connectivity index (χ1v) is 7.64. The van der Waals surface area contributed by atoms with Crippen molar-refractivity contribution in [2.24, 2.45) is 5.41 Å². The standard InChI is InChI=1S/C18H25F2N/c1-13(12-18(2,3)4)21-9-5-6-15(21)10-14-7-8-16(19)17(20)11-14/h7-8,11,15H,1,5-6,9-10,12H2,2-4H3. The van der Waals surface area contributed by atoms with Gasteiger partial charge in [0, 0.05) is 18.3 Å². The van der Waals surface area contributed by atoms with Gasteiger partial charge in [0.1, 0.15) is 0 Å². The summed E-state index contributed by atoms with van der Waals surface area (Å²) in [6, 6.07) is 4.57. The summed E-state index contributed by atoms with van der Waals surface area (Å²) < 4.78 is 26.3. The van der Waals surface area contributed by atoms with Crippen LogP contribution in [-0.4, -0.2) is 17.5 Å². The van der Waals surface area contributed by atoms with Crippen LogP contribution >= 0.6 is 0 Å². The van der Waals surface area contributed by atoms with Gasteiger partial charge in [-0.25, -0.2) is 8.78 Å². The van der Waals surface area contributed by atoms with Crippen LogP contribution in [0.2, 0.25) is 0 Å². The third kappa shape index (κ3) is 4.29. The Hall–Kier alpha value is -1.38. The average Bonchev–Trinajstić information content (AvgIpc) is 2.80. The molecular weight excluding hydrogens is 268 g/mol. The second kappa shape index (κ2) is 6.17. The second-order valence-electron chi connectivity index (χ2n) is 7.25. The van der Waals surface area contributed by atoms with Gasteiger partial charge in [-0.05, 0) is 48.8 Å². The van der Waals surface area contributed by atoms with Gasteiger partial charge in [-0.3, -0.25) is 0 Å². The summed E-state index contributed by atoms with van der Waals surface area (Å²) in [6.07, 6.45) is 3.93. The number of rotatable bonds is 4. The minimum Gasteiger partial charge on any atom is -0.372 e. The molecule has 1 atom stereocenters. The monoisotopic (exact) mass is 293 g/mol. The van der Waals surface area contributed by atoms with E-state index in [1.165, 1.54) is 12.1 Å². The Labute approximate surface area is 126 Å². The van der Waals surface area contributed by atoms with Crippen LogP contribution in [0.3, 0.4) is 0 Å². The molecule has 0 amide bonds.